The van der Waals surface area contributed by atoms with Gasteiger partial charge in [-0.2, -0.15) is 0 Å². The Bertz CT molecular complexity index is 708. The summed E-state index contributed by atoms with van der Waals surface area (Å²) in [6.07, 6.45) is 0.888. The molecule has 6 nitrogen and oxygen atoms in total. The second kappa shape index (κ2) is 7.43. The molecule has 3 rings (SSSR count). The molecule has 8 heteroatoms. The van der Waals surface area contributed by atoms with Crippen LogP contribution in [-0.4, -0.2) is 66.6 Å². The van der Waals surface area contributed by atoms with Gasteiger partial charge in [0.25, 0.3) is 0 Å². The van der Waals surface area contributed by atoms with Crippen LogP contribution in [0.5, 0.6) is 0 Å². The lowest BCUT2D eigenvalue weighted by Crippen LogP contribution is -2.53. The van der Waals surface area contributed by atoms with E-state index in [0.717, 1.165) is 27.4 Å². The number of carbonyl (C=O) groups is 1. The molecule has 2 amide bonds. The van der Waals surface area contributed by atoms with Gasteiger partial charge in [0.05, 0.1) is 24.3 Å². The zero-order chi connectivity index (χ0) is 18.1. The number of urea groups is 1. The highest BCUT2D eigenvalue weighted by molar-refractivity contribution is 7.16. The summed E-state index contributed by atoms with van der Waals surface area (Å²) in [6.45, 7) is 10.2. The third-order valence-electron chi connectivity index (χ3n) is 4.55. The molecule has 136 valence electrons. The highest BCUT2D eigenvalue weighted by Crippen LogP contribution is 2.40. The van der Waals surface area contributed by atoms with Gasteiger partial charge in [0.1, 0.15) is 10.2 Å². The topological polar surface area (TPSA) is 57.5 Å². The lowest BCUT2D eigenvalue weighted by atomic mass is 10.0. The minimum atomic E-state index is 0.0672. The van der Waals surface area contributed by atoms with Crippen LogP contribution < -0.4 is 0 Å². The highest BCUT2D eigenvalue weighted by atomic mass is 35.5. The minimum absolute atomic E-state index is 0.0672. The van der Waals surface area contributed by atoms with E-state index in [9.17, 15) is 4.79 Å². The number of rotatable bonds is 2. The van der Waals surface area contributed by atoms with Gasteiger partial charge < -0.3 is 14.5 Å². The first-order chi connectivity index (χ1) is 11.9. The molecule has 0 aromatic carbocycles. The molecule has 0 N–H and O–H groups in total. The molecule has 2 aliphatic heterocycles. The summed E-state index contributed by atoms with van der Waals surface area (Å²) < 4.78 is 5.72. The van der Waals surface area contributed by atoms with Crippen LogP contribution in [-0.2, 0) is 17.7 Å². The number of ether oxygens (including phenoxy) is 1. The standard InChI is InChI=1S/C17H23ClN4O2S/c1-10-7-22(8-11(2)24-10)17(23)21-6-5-12-13(9-21)25-16(20-4)14(12)15(18)19-3/h10-11H,4-9H2,1-3H3/b19-15+/t10-,11+. The number of amides is 2. The predicted molar refractivity (Wildman–Crippen MR) is 103 cm³/mol. The molecule has 0 aliphatic carbocycles. The summed E-state index contributed by atoms with van der Waals surface area (Å²) in [4.78, 5) is 26.0. The quantitative estimate of drug-likeness (QED) is 0.737. The van der Waals surface area contributed by atoms with E-state index in [0.29, 0.717) is 31.3 Å². The molecular weight excluding hydrogens is 360 g/mol. The van der Waals surface area contributed by atoms with Gasteiger partial charge >= 0.3 is 6.03 Å². The van der Waals surface area contributed by atoms with Crippen LogP contribution in [0.4, 0.5) is 9.80 Å². The Balaban J connectivity index is 1.80. The largest absolute Gasteiger partial charge is 0.372 e. The Morgan fingerprint density at radius 1 is 1.32 bits per heavy atom. The van der Waals surface area contributed by atoms with Gasteiger partial charge in [-0.3, -0.25) is 9.98 Å². The summed E-state index contributed by atoms with van der Waals surface area (Å²) in [5, 5.41) is 1.24. The molecule has 1 saturated heterocycles. The van der Waals surface area contributed by atoms with Gasteiger partial charge in [-0.1, -0.05) is 11.6 Å². The van der Waals surface area contributed by atoms with E-state index in [1.807, 2.05) is 23.6 Å². The molecule has 0 spiro atoms. The second-order valence-corrected chi connectivity index (χ2v) is 7.91. The van der Waals surface area contributed by atoms with E-state index in [4.69, 9.17) is 16.3 Å². The number of fused-ring (bicyclic) bond motifs is 1. The van der Waals surface area contributed by atoms with Crippen molar-refractivity contribution < 1.29 is 9.53 Å². The summed E-state index contributed by atoms with van der Waals surface area (Å²) >= 11 is 7.81. The van der Waals surface area contributed by atoms with Crippen molar-refractivity contribution in [3.05, 3.63) is 16.0 Å². The molecule has 3 heterocycles. The molecule has 1 fully saturated rings. The summed E-state index contributed by atoms with van der Waals surface area (Å²) in [5.41, 5.74) is 2.02. The minimum Gasteiger partial charge on any atom is -0.372 e. The van der Waals surface area contributed by atoms with Crippen LogP contribution in [0.25, 0.3) is 0 Å². The summed E-state index contributed by atoms with van der Waals surface area (Å²) in [7, 11) is 1.67. The molecule has 25 heavy (non-hydrogen) atoms. The van der Waals surface area contributed by atoms with Crippen LogP contribution in [0.2, 0.25) is 0 Å². The molecule has 1 aromatic rings. The van der Waals surface area contributed by atoms with Crippen molar-refractivity contribution in [3.8, 4) is 0 Å². The van der Waals surface area contributed by atoms with E-state index in [1.165, 1.54) is 0 Å². The first-order valence-corrected chi connectivity index (χ1v) is 9.57. The van der Waals surface area contributed by atoms with E-state index in [-0.39, 0.29) is 18.2 Å². The Morgan fingerprint density at radius 3 is 2.60 bits per heavy atom. The third kappa shape index (κ3) is 3.59. The molecular formula is C17H23ClN4O2S. The van der Waals surface area contributed by atoms with Gasteiger partial charge in [-0.15, -0.1) is 11.3 Å². The normalized spacial score (nSPS) is 24.2. The number of halogens is 1. The Labute approximate surface area is 157 Å². The maximum Gasteiger partial charge on any atom is 0.320 e. The lowest BCUT2D eigenvalue weighted by Gasteiger charge is -2.39. The molecule has 0 unspecified atom stereocenters. The average Bonchev–Trinajstić information content (AvgIpc) is 2.97. The van der Waals surface area contributed by atoms with Crippen molar-refractivity contribution in [2.45, 2.75) is 39.0 Å². The third-order valence-corrected chi connectivity index (χ3v) is 6.05. The first kappa shape index (κ1) is 18.4. The number of hydrogen-bond acceptors (Lipinski definition) is 5. The molecule has 0 radical (unpaired) electrons. The van der Waals surface area contributed by atoms with Crippen LogP contribution in [0.3, 0.4) is 0 Å². The van der Waals surface area contributed by atoms with Crippen molar-refractivity contribution >= 4 is 45.9 Å². The number of hydrogen-bond donors (Lipinski definition) is 0. The first-order valence-electron chi connectivity index (χ1n) is 8.37. The maximum atomic E-state index is 12.9. The number of morpholine rings is 1. The Morgan fingerprint density at radius 2 is 2.00 bits per heavy atom. The zero-order valence-corrected chi connectivity index (χ0v) is 16.4. The number of thiophene rings is 1. The molecule has 1 aromatic heterocycles. The molecule has 2 atom stereocenters. The molecule has 0 saturated carbocycles. The Hall–Kier alpha value is -1.44. The van der Waals surface area contributed by atoms with Gasteiger partial charge in [0, 0.05) is 31.6 Å². The molecule has 0 bridgehead atoms. The maximum absolute atomic E-state index is 12.9. The highest BCUT2D eigenvalue weighted by Gasteiger charge is 2.33. The van der Waals surface area contributed by atoms with Crippen LogP contribution in [0.1, 0.15) is 29.9 Å². The fraction of sp³-hybridized carbons (Fsp3) is 0.588. The van der Waals surface area contributed by atoms with Crippen LogP contribution >= 0.6 is 22.9 Å². The molecule has 2 aliphatic rings. The fourth-order valence-corrected chi connectivity index (χ4v) is 4.95. The van der Waals surface area contributed by atoms with Gasteiger partial charge in [0.15, 0.2) is 0 Å². The SMILES string of the molecule is C=Nc1sc2c(c1/C(Cl)=N\C)CCN(C(=O)N1C[C@@H](C)O[C@@H](C)C1)C2. The zero-order valence-electron chi connectivity index (χ0n) is 14.8. The van der Waals surface area contributed by atoms with Gasteiger partial charge in [-0.25, -0.2) is 4.79 Å². The number of aliphatic imine (C=N–C) groups is 2. The smallest absolute Gasteiger partial charge is 0.320 e. The van der Waals surface area contributed by atoms with Crippen molar-refractivity contribution in [2.75, 3.05) is 26.7 Å². The van der Waals surface area contributed by atoms with Crippen molar-refractivity contribution in [1.82, 2.24) is 9.80 Å². The van der Waals surface area contributed by atoms with Crippen molar-refractivity contribution in [2.24, 2.45) is 9.98 Å². The Kier molecular flexibility index (Phi) is 5.46. The van der Waals surface area contributed by atoms with Gasteiger partial charge in [0.2, 0.25) is 0 Å². The number of nitrogens with zero attached hydrogens (tertiary/aromatic N) is 4. The van der Waals surface area contributed by atoms with E-state index >= 15 is 0 Å². The van der Waals surface area contributed by atoms with Crippen LogP contribution in [0, 0.1) is 0 Å². The van der Waals surface area contributed by atoms with Gasteiger partial charge in [-0.05, 0) is 32.5 Å². The van der Waals surface area contributed by atoms with E-state index in [2.05, 4.69) is 16.7 Å². The monoisotopic (exact) mass is 382 g/mol. The fourth-order valence-electron chi connectivity index (χ4n) is 3.52. The van der Waals surface area contributed by atoms with Crippen molar-refractivity contribution in [1.29, 1.82) is 0 Å². The van der Waals surface area contributed by atoms with Crippen LogP contribution in [0.15, 0.2) is 9.98 Å². The van der Waals surface area contributed by atoms with E-state index in [1.54, 1.807) is 18.4 Å². The lowest BCUT2D eigenvalue weighted by molar-refractivity contribution is -0.0585. The average molecular weight is 383 g/mol. The summed E-state index contributed by atoms with van der Waals surface area (Å²) in [5.74, 6) is 0. The predicted octanol–water partition coefficient (Wildman–Crippen LogP) is 3.28. The summed E-state index contributed by atoms with van der Waals surface area (Å²) in [6, 6.07) is 0.0750. The van der Waals surface area contributed by atoms with E-state index < -0.39 is 0 Å². The number of carbonyl (C=O) groups excluding carboxylic acids is 1. The van der Waals surface area contributed by atoms with Crippen molar-refractivity contribution in [3.63, 3.8) is 0 Å². The second-order valence-electron chi connectivity index (χ2n) is 6.47.